The maximum atomic E-state index is 12.5. The summed E-state index contributed by atoms with van der Waals surface area (Å²) in [5, 5.41) is 11.1. The molecule has 0 aromatic carbocycles. The number of likely N-dealkylation sites (tertiary alicyclic amines) is 1. The first kappa shape index (κ1) is 21.6. The van der Waals surface area contributed by atoms with E-state index in [0.717, 1.165) is 24.0 Å². The van der Waals surface area contributed by atoms with Crippen LogP contribution in [-0.4, -0.2) is 61.1 Å². The van der Waals surface area contributed by atoms with Crippen LogP contribution >= 0.6 is 0 Å². The number of hydrogen-bond acceptors (Lipinski definition) is 4. The molecule has 0 aliphatic carbocycles. The first-order valence-corrected chi connectivity index (χ1v) is 9.19. The number of carbonyl (C=O) groups is 3. The van der Waals surface area contributed by atoms with Crippen LogP contribution in [0.25, 0.3) is 0 Å². The summed E-state index contributed by atoms with van der Waals surface area (Å²) in [5.41, 5.74) is 5.45. The molecular formula is C18H34N3O4+. The molecule has 4 atom stereocenters. The van der Waals surface area contributed by atoms with E-state index in [2.05, 4.69) is 26.3 Å². The van der Waals surface area contributed by atoms with Crippen molar-refractivity contribution in [3.63, 3.8) is 0 Å². The highest BCUT2D eigenvalue weighted by atomic mass is 16.3. The molecule has 0 aromatic heterocycles. The molecule has 7 nitrogen and oxygen atoms in total. The minimum atomic E-state index is -0.726. The van der Waals surface area contributed by atoms with Gasteiger partial charge >= 0.3 is 0 Å². The monoisotopic (exact) mass is 356 g/mol. The third-order valence-corrected chi connectivity index (χ3v) is 5.48. The van der Waals surface area contributed by atoms with Crippen LogP contribution in [0.15, 0.2) is 0 Å². The number of aliphatic hydroxyl groups is 1. The van der Waals surface area contributed by atoms with Crippen molar-refractivity contribution >= 4 is 17.7 Å². The van der Waals surface area contributed by atoms with Crippen molar-refractivity contribution in [2.75, 3.05) is 33.8 Å². The Kier molecular flexibility index (Phi) is 8.02. The van der Waals surface area contributed by atoms with E-state index in [4.69, 9.17) is 10.8 Å². The molecule has 0 bridgehead atoms. The second-order valence-electron chi connectivity index (χ2n) is 7.98. The van der Waals surface area contributed by atoms with Gasteiger partial charge in [-0.3, -0.25) is 19.7 Å². The number of aliphatic hydroxyl groups excluding tert-OH is 1. The largest absolute Gasteiger partial charge is 0.387 e. The van der Waals surface area contributed by atoms with Gasteiger partial charge in [-0.1, -0.05) is 13.8 Å². The lowest BCUT2D eigenvalue weighted by molar-refractivity contribution is -0.880. The van der Waals surface area contributed by atoms with Gasteiger partial charge in [-0.15, -0.1) is 0 Å². The SMILES string of the molecule is CCC(CC(CC1C[N+](C)(C)CC1CC)C(=O)NC(=O)CO)C(N)=O. The van der Waals surface area contributed by atoms with Crippen molar-refractivity contribution in [2.24, 2.45) is 29.4 Å². The molecule has 1 heterocycles. The second kappa shape index (κ2) is 9.29. The topological polar surface area (TPSA) is 109 Å². The molecule has 3 amide bonds. The quantitative estimate of drug-likeness (QED) is 0.515. The van der Waals surface area contributed by atoms with Crippen molar-refractivity contribution in [1.82, 2.24) is 5.32 Å². The van der Waals surface area contributed by atoms with Crippen LogP contribution < -0.4 is 11.1 Å². The van der Waals surface area contributed by atoms with Gasteiger partial charge in [-0.2, -0.15) is 0 Å². The van der Waals surface area contributed by atoms with E-state index >= 15 is 0 Å². The predicted octanol–water partition coefficient (Wildman–Crippen LogP) is 0.262. The number of rotatable bonds is 9. The van der Waals surface area contributed by atoms with Gasteiger partial charge in [0, 0.05) is 23.7 Å². The summed E-state index contributed by atoms with van der Waals surface area (Å²) in [4.78, 5) is 35.5. The molecule has 0 saturated carbocycles. The van der Waals surface area contributed by atoms with Gasteiger partial charge in [-0.05, 0) is 25.7 Å². The van der Waals surface area contributed by atoms with Crippen molar-refractivity contribution < 1.29 is 24.0 Å². The fourth-order valence-electron chi connectivity index (χ4n) is 4.15. The lowest BCUT2D eigenvalue weighted by Gasteiger charge is -2.25. The number of nitrogens with two attached hydrogens (primary N) is 1. The summed E-state index contributed by atoms with van der Waals surface area (Å²) >= 11 is 0. The highest BCUT2D eigenvalue weighted by molar-refractivity contribution is 5.96. The molecule has 0 spiro atoms. The Bertz CT molecular complexity index is 493. The highest BCUT2D eigenvalue weighted by Crippen LogP contribution is 2.35. The van der Waals surface area contributed by atoms with Crippen LogP contribution in [0.5, 0.6) is 0 Å². The Hall–Kier alpha value is -1.47. The molecule has 4 unspecified atom stereocenters. The number of primary amides is 1. The van der Waals surface area contributed by atoms with E-state index in [9.17, 15) is 14.4 Å². The molecule has 1 saturated heterocycles. The van der Waals surface area contributed by atoms with Crippen molar-refractivity contribution in [3.05, 3.63) is 0 Å². The molecule has 4 N–H and O–H groups in total. The molecule has 7 heteroatoms. The van der Waals surface area contributed by atoms with Gasteiger partial charge in [0.2, 0.25) is 11.8 Å². The highest BCUT2D eigenvalue weighted by Gasteiger charge is 2.41. The van der Waals surface area contributed by atoms with Crippen LogP contribution in [0.1, 0.15) is 39.5 Å². The summed E-state index contributed by atoms with van der Waals surface area (Å²) in [5.74, 6) is -1.49. The molecule has 1 aliphatic heterocycles. The van der Waals surface area contributed by atoms with E-state index in [-0.39, 0.29) is 5.92 Å². The number of amides is 3. The van der Waals surface area contributed by atoms with E-state index in [1.54, 1.807) is 0 Å². The number of nitrogens with one attached hydrogen (secondary N) is 1. The molecule has 25 heavy (non-hydrogen) atoms. The Labute approximate surface area is 150 Å². The number of quaternary nitrogens is 1. The summed E-state index contributed by atoms with van der Waals surface area (Å²) in [6.45, 7) is 5.34. The van der Waals surface area contributed by atoms with Crippen molar-refractivity contribution in [3.8, 4) is 0 Å². The molecular weight excluding hydrogens is 322 g/mol. The van der Waals surface area contributed by atoms with Gasteiger partial charge in [0.15, 0.2) is 0 Å². The molecule has 144 valence electrons. The van der Waals surface area contributed by atoms with Gasteiger partial charge in [-0.25, -0.2) is 0 Å². The third kappa shape index (κ3) is 6.40. The smallest absolute Gasteiger partial charge is 0.252 e. The predicted molar refractivity (Wildman–Crippen MR) is 95.0 cm³/mol. The van der Waals surface area contributed by atoms with E-state index in [1.165, 1.54) is 0 Å². The molecule has 1 rings (SSSR count). The summed E-state index contributed by atoms with van der Waals surface area (Å²) < 4.78 is 0.917. The summed E-state index contributed by atoms with van der Waals surface area (Å²) in [7, 11) is 4.37. The van der Waals surface area contributed by atoms with Crippen molar-refractivity contribution in [1.29, 1.82) is 0 Å². The zero-order valence-electron chi connectivity index (χ0n) is 16.0. The standard InChI is InChI=1S/C18H33N3O4/c1-5-12(17(19)24)7-14(18(25)20-16(23)11-22)8-15-10-21(3,4)9-13(15)6-2/h12-15,22H,5-11H2,1-4H3,(H2-,19,20,23,24,25)/p+1. The Balaban J connectivity index is 2.91. The first-order valence-electron chi connectivity index (χ1n) is 9.19. The van der Waals surface area contributed by atoms with Gasteiger partial charge in [0.25, 0.3) is 5.91 Å². The van der Waals surface area contributed by atoms with Gasteiger partial charge in [0.05, 0.1) is 27.2 Å². The number of hydrogen-bond donors (Lipinski definition) is 3. The summed E-state index contributed by atoms with van der Waals surface area (Å²) in [6, 6.07) is 0. The van der Waals surface area contributed by atoms with Crippen LogP contribution in [0.2, 0.25) is 0 Å². The average molecular weight is 356 g/mol. The minimum Gasteiger partial charge on any atom is -0.387 e. The third-order valence-electron chi connectivity index (χ3n) is 5.48. The lowest BCUT2D eigenvalue weighted by Crippen LogP contribution is -2.40. The zero-order valence-corrected chi connectivity index (χ0v) is 16.0. The Morgan fingerprint density at radius 2 is 1.76 bits per heavy atom. The fourth-order valence-corrected chi connectivity index (χ4v) is 4.15. The minimum absolute atomic E-state index is 0.344. The average Bonchev–Trinajstić information content (AvgIpc) is 2.84. The van der Waals surface area contributed by atoms with E-state index in [1.807, 2.05) is 6.92 Å². The summed E-state index contributed by atoms with van der Waals surface area (Å²) in [6.07, 6.45) is 2.59. The van der Waals surface area contributed by atoms with Crippen LogP contribution in [0.3, 0.4) is 0 Å². The van der Waals surface area contributed by atoms with Gasteiger partial charge in [0.1, 0.15) is 6.61 Å². The zero-order chi connectivity index (χ0) is 19.2. The van der Waals surface area contributed by atoms with E-state index in [0.29, 0.717) is 31.1 Å². The first-order chi connectivity index (χ1) is 11.6. The van der Waals surface area contributed by atoms with Crippen LogP contribution in [-0.2, 0) is 14.4 Å². The molecule has 1 fully saturated rings. The maximum absolute atomic E-state index is 12.5. The molecule has 1 aliphatic rings. The number of imide groups is 1. The van der Waals surface area contributed by atoms with E-state index < -0.39 is 30.2 Å². The van der Waals surface area contributed by atoms with Gasteiger partial charge < -0.3 is 15.3 Å². The number of carbonyl (C=O) groups excluding carboxylic acids is 3. The lowest BCUT2D eigenvalue weighted by atomic mass is 9.80. The van der Waals surface area contributed by atoms with Crippen molar-refractivity contribution in [2.45, 2.75) is 39.5 Å². The van der Waals surface area contributed by atoms with Crippen LogP contribution in [0, 0.1) is 23.7 Å². The molecule has 0 aromatic rings. The second-order valence-corrected chi connectivity index (χ2v) is 7.98. The number of nitrogens with zero attached hydrogens (tertiary/aromatic N) is 1. The van der Waals surface area contributed by atoms with Crippen LogP contribution in [0.4, 0.5) is 0 Å². The Morgan fingerprint density at radius 3 is 2.24 bits per heavy atom. The molecule has 0 radical (unpaired) electrons. The Morgan fingerprint density at radius 1 is 1.16 bits per heavy atom. The maximum Gasteiger partial charge on any atom is 0.252 e. The fraction of sp³-hybridized carbons (Fsp3) is 0.833. The normalized spacial score (nSPS) is 24.5.